The molecule has 1 saturated heterocycles. The first kappa shape index (κ1) is 22.2. The largest absolute Gasteiger partial charge is 0.492 e. The van der Waals surface area contributed by atoms with Gasteiger partial charge in [0.15, 0.2) is 0 Å². The Morgan fingerprint density at radius 1 is 1.14 bits per heavy atom. The van der Waals surface area contributed by atoms with E-state index in [0.29, 0.717) is 11.0 Å². The smallest absolute Gasteiger partial charge is 0.400 e. The van der Waals surface area contributed by atoms with Crippen LogP contribution in [0.15, 0.2) is 29.7 Å². The predicted molar refractivity (Wildman–Crippen MR) is 99.6 cm³/mol. The van der Waals surface area contributed by atoms with Crippen molar-refractivity contribution >= 4 is 24.9 Å². The lowest BCUT2D eigenvalue weighted by Gasteiger charge is -2.32. The number of hydrogen-bond acceptors (Lipinski definition) is 4. The quantitative estimate of drug-likeness (QED) is 0.610. The van der Waals surface area contributed by atoms with Crippen LogP contribution in [0.2, 0.25) is 0 Å². The Morgan fingerprint density at radius 3 is 2.21 bits per heavy atom. The van der Waals surface area contributed by atoms with Crippen molar-refractivity contribution in [3.63, 3.8) is 0 Å². The molecule has 0 atom stereocenters. The molecule has 0 spiro atoms. The summed E-state index contributed by atoms with van der Waals surface area (Å²) in [4.78, 5) is 22.8. The van der Waals surface area contributed by atoms with E-state index in [2.05, 4.69) is 5.32 Å². The molecule has 0 saturated carbocycles. The summed E-state index contributed by atoms with van der Waals surface area (Å²) < 4.78 is 50.1. The van der Waals surface area contributed by atoms with Gasteiger partial charge < -0.3 is 14.6 Å². The van der Waals surface area contributed by atoms with E-state index in [4.69, 9.17) is 9.31 Å². The van der Waals surface area contributed by atoms with Gasteiger partial charge in [-0.1, -0.05) is 24.3 Å². The van der Waals surface area contributed by atoms with Crippen molar-refractivity contribution in [3.05, 3.63) is 40.9 Å². The monoisotopic (exact) mass is 397 g/mol. The average molecular weight is 397 g/mol. The molecule has 9 heteroatoms. The Hall–Kier alpha value is -2.13. The molecule has 0 aromatic heterocycles. The molecule has 1 N–H and O–H groups in total. The Kier molecular flexibility index (Phi) is 6.11. The van der Waals surface area contributed by atoms with Gasteiger partial charge in [0.2, 0.25) is 5.91 Å². The van der Waals surface area contributed by atoms with Gasteiger partial charge >= 0.3 is 13.3 Å². The van der Waals surface area contributed by atoms with Crippen molar-refractivity contribution in [2.75, 3.05) is 6.54 Å². The normalized spacial score (nSPS) is 18.9. The number of rotatable bonds is 5. The van der Waals surface area contributed by atoms with Gasteiger partial charge in [0.05, 0.1) is 11.2 Å². The molecule has 1 amide bonds. The molecule has 1 fully saturated rings. The third-order valence-electron chi connectivity index (χ3n) is 4.86. The summed E-state index contributed by atoms with van der Waals surface area (Å²) in [6.07, 6.45) is -3.39. The molecule has 0 bridgehead atoms. The number of Topliss-reactive ketones (excluding diaryl/α,β-unsaturated/α-hetero) is 1. The number of carbonyl (C=O) groups excluding carboxylic acids is 2. The zero-order valence-corrected chi connectivity index (χ0v) is 16.4. The van der Waals surface area contributed by atoms with Gasteiger partial charge in [-0.05, 0) is 44.8 Å². The molecule has 1 aromatic carbocycles. The molecule has 0 unspecified atom stereocenters. The van der Waals surface area contributed by atoms with Crippen LogP contribution >= 0.6 is 0 Å². The van der Waals surface area contributed by atoms with Crippen molar-refractivity contribution in [1.29, 1.82) is 0 Å². The van der Waals surface area contributed by atoms with E-state index in [-0.39, 0.29) is 12.5 Å². The van der Waals surface area contributed by atoms with Crippen LogP contribution in [-0.2, 0) is 14.1 Å². The fourth-order valence-electron chi connectivity index (χ4n) is 2.57. The van der Waals surface area contributed by atoms with E-state index in [1.807, 2.05) is 27.7 Å². The number of alkyl halides is 3. The molecule has 0 aliphatic carbocycles. The van der Waals surface area contributed by atoms with Gasteiger partial charge in [-0.15, -0.1) is 0 Å². The maximum atomic E-state index is 12.7. The van der Waals surface area contributed by atoms with E-state index in [0.717, 1.165) is 12.1 Å². The number of hydrogen-bond donors (Lipinski definition) is 1. The van der Waals surface area contributed by atoms with Crippen molar-refractivity contribution in [2.45, 2.75) is 52.0 Å². The summed E-state index contributed by atoms with van der Waals surface area (Å²) >= 11 is 0. The van der Waals surface area contributed by atoms with Crippen LogP contribution in [0.25, 0.3) is 6.08 Å². The lowest BCUT2D eigenvalue weighted by Crippen LogP contribution is -2.41. The van der Waals surface area contributed by atoms with Gasteiger partial charge in [-0.2, -0.15) is 13.2 Å². The SMILES string of the molecule is CC(=O)NCC(=Cc1cccc(C(=O)C(F)(F)F)c1)B1OC(C)(C)C(C)(C)O1. The molecule has 1 aromatic rings. The van der Waals surface area contributed by atoms with Crippen LogP contribution < -0.4 is 5.32 Å². The van der Waals surface area contributed by atoms with Crippen LogP contribution in [0.4, 0.5) is 13.2 Å². The van der Waals surface area contributed by atoms with Crippen molar-refractivity contribution in [3.8, 4) is 0 Å². The van der Waals surface area contributed by atoms with E-state index >= 15 is 0 Å². The topological polar surface area (TPSA) is 64.6 Å². The molecule has 5 nitrogen and oxygen atoms in total. The Bertz CT molecular complexity index is 787. The maximum Gasteiger partial charge on any atom is 0.492 e. The Balaban J connectivity index is 2.38. The summed E-state index contributed by atoms with van der Waals surface area (Å²) in [6.45, 7) is 8.91. The lowest BCUT2D eigenvalue weighted by molar-refractivity contribution is -0.118. The lowest BCUT2D eigenvalue weighted by atomic mass is 9.77. The second-order valence-corrected chi connectivity index (χ2v) is 7.67. The number of ketones is 1. The van der Waals surface area contributed by atoms with E-state index in [1.165, 1.54) is 13.0 Å². The molecule has 1 aliphatic heterocycles. The second-order valence-electron chi connectivity index (χ2n) is 7.67. The zero-order valence-electron chi connectivity index (χ0n) is 16.4. The highest BCUT2D eigenvalue weighted by atomic mass is 19.4. The number of amides is 1. The van der Waals surface area contributed by atoms with Crippen LogP contribution in [0, 0.1) is 0 Å². The van der Waals surface area contributed by atoms with Gasteiger partial charge in [-0.3, -0.25) is 9.59 Å². The molecule has 1 aliphatic rings. The van der Waals surface area contributed by atoms with Gasteiger partial charge in [-0.25, -0.2) is 0 Å². The van der Waals surface area contributed by atoms with Gasteiger partial charge in [0, 0.05) is 19.0 Å². The highest BCUT2D eigenvalue weighted by molar-refractivity contribution is 6.56. The highest BCUT2D eigenvalue weighted by Crippen LogP contribution is 2.38. The minimum Gasteiger partial charge on any atom is -0.400 e. The third kappa shape index (κ3) is 5.02. The predicted octanol–water partition coefficient (Wildman–Crippen LogP) is 3.58. The fourth-order valence-corrected chi connectivity index (χ4v) is 2.57. The molecule has 152 valence electrons. The van der Waals surface area contributed by atoms with E-state index < -0.39 is 35.8 Å². The number of benzene rings is 1. The minimum absolute atomic E-state index is 0.0869. The van der Waals surface area contributed by atoms with Crippen LogP contribution in [0.3, 0.4) is 0 Å². The summed E-state index contributed by atoms with van der Waals surface area (Å²) in [5, 5.41) is 2.64. The standard InChI is InChI=1S/C19H23BF3NO4/c1-12(25)24-11-15(20-27-17(2,3)18(4,5)28-20)10-13-7-6-8-14(9-13)16(26)19(21,22)23/h6-10H,11H2,1-5H3,(H,24,25). The molecular formula is C19H23BF3NO4. The number of carbonyl (C=O) groups is 2. The average Bonchev–Trinajstić information content (AvgIpc) is 2.77. The third-order valence-corrected chi connectivity index (χ3v) is 4.86. The summed E-state index contributed by atoms with van der Waals surface area (Å²) in [6, 6.07) is 5.18. The molecule has 0 radical (unpaired) electrons. The molecule has 28 heavy (non-hydrogen) atoms. The Morgan fingerprint density at radius 2 is 1.71 bits per heavy atom. The van der Waals surface area contributed by atoms with Crippen LogP contribution in [-0.4, -0.2) is 42.7 Å². The van der Waals surface area contributed by atoms with Crippen molar-refractivity contribution < 1.29 is 32.1 Å². The van der Waals surface area contributed by atoms with Crippen molar-refractivity contribution in [1.82, 2.24) is 5.32 Å². The molecule has 1 heterocycles. The Labute approximate surface area is 162 Å². The van der Waals surface area contributed by atoms with Gasteiger partial charge in [0.1, 0.15) is 0 Å². The summed E-state index contributed by atoms with van der Waals surface area (Å²) in [5.41, 5.74) is -0.827. The number of nitrogens with one attached hydrogen (secondary N) is 1. The summed E-state index contributed by atoms with van der Waals surface area (Å²) in [7, 11) is -0.793. The first-order valence-electron chi connectivity index (χ1n) is 8.75. The maximum absolute atomic E-state index is 12.7. The first-order chi connectivity index (χ1) is 12.7. The van der Waals surface area contributed by atoms with Crippen LogP contribution in [0.1, 0.15) is 50.5 Å². The highest BCUT2D eigenvalue weighted by Gasteiger charge is 2.52. The fraction of sp³-hybridized carbons (Fsp3) is 0.474. The second kappa shape index (κ2) is 7.71. The van der Waals surface area contributed by atoms with E-state index in [9.17, 15) is 22.8 Å². The summed E-state index contributed by atoms with van der Waals surface area (Å²) in [5.74, 6) is -2.19. The number of halogens is 3. The van der Waals surface area contributed by atoms with Crippen LogP contribution in [0.5, 0.6) is 0 Å². The molecule has 2 rings (SSSR count). The first-order valence-corrected chi connectivity index (χ1v) is 8.75. The van der Waals surface area contributed by atoms with Gasteiger partial charge in [0.25, 0.3) is 5.78 Å². The van der Waals surface area contributed by atoms with Crippen molar-refractivity contribution in [2.24, 2.45) is 0 Å². The zero-order chi connectivity index (χ0) is 21.3. The molecular weight excluding hydrogens is 374 g/mol. The van der Waals surface area contributed by atoms with E-state index in [1.54, 1.807) is 12.1 Å². The minimum atomic E-state index is -4.95.